The largest absolute Gasteiger partial charge is 0.480 e. The molecule has 130 valence electrons. The van der Waals surface area contributed by atoms with Crippen LogP contribution in [-0.2, 0) is 16.1 Å². The molecule has 2 aliphatic carbocycles. The van der Waals surface area contributed by atoms with Gasteiger partial charge < -0.3 is 10.4 Å². The fourth-order valence-corrected chi connectivity index (χ4v) is 4.37. The molecule has 0 unspecified atom stereocenters. The molecular weight excluding hydrogens is 318 g/mol. The van der Waals surface area contributed by atoms with Crippen molar-refractivity contribution in [1.29, 1.82) is 0 Å². The van der Waals surface area contributed by atoms with E-state index >= 15 is 0 Å². The van der Waals surface area contributed by atoms with E-state index in [9.17, 15) is 14.7 Å². The van der Waals surface area contributed by atoms with Gasteiger partial charge in [0, 0.05) is 11.1 Å². The molecule has 0 aliphatic heterocycles. The van der Waals surface area contributed by atoms with Crippen LogP contribution in [0.15, 0.2) is 24.3 Å². The van der Waals surface area contributed by atoms with Crippen molar-refractivity contribution in [2.75, 3.05) is 0 Å². The molecule has 1 aromatic heterocycles. The molecule has 2 N–H and O–H groups in total. The molecule has 1 amide bonds. The number of carboxylic acid groups (broad SMARTS) is 1. The molecule has 0 bridgehead atoms. The number of benzene rings is 1. The number of para-hydroxylation sites is 1. The first-order chi connectivity index (χ1) is 11.9. The van der Waals surface area contributed by atoms with Gasteiger partial charge in [-0.25, -0.2) is 9.97 Å². The van der Waals surface area contributed by atoms with E-state index in [-0.39, 0.29) is 12.0 Å². The second kappa shape index (κ2) is 5.51. The molecule has 1 spiro atoms. The van der Waals surface area contributed by atoms with Gasteiger partial charge in [-0.05, 0) is 44.1 Å². The van der Waals surface area contributed by atoms with Gasteiger partial charge in [0.1, 0.15) is 11.2 Å². The van der Waals surface area contributed by atoms with Crippen LogP contribution in [0, 0.1) is 17.8 Å². The van der Waals surface area contributed by atoms with E-state index in [4.69, 9.17) is 0 Å². The van der Waals surface area contributed by atoms with Gasteiger partial charge in [-0.15, -0.1) is 0 Å². The smallest absolute Gasteiger partial charge is 0.319 e. The predicted octanol–water partition coefficient (Wildman–Crippen LogP) is 2.59. The zero-order valence-corrected chi connectivity index (χ0v) is 14.2. The Bertz CT molecular complexity index is 865. The number of fused-ring (bicyclic) bond motifs is 1. The summed E-state index contributed by atoms with van der Waals surface area (Å²) in [6.45, 7) is 2.05. The highest BCUT2D eigenvalue weighted by Crippen LogP contribution is 2.64. The van der Waals surface area contributed by atoms with Crippen molar-refractivity contribution in [3.8, 4) is 0 Å². The van der Waals surface area contributed by atoms with Crippen LogP contribution in [0.2, 0.25) is 0 Å². The number of hydrogen-bond acceptors (Lipinski definition) is 4. The summed E-state index contributed by atoms with van der Waals surface area (Å²) in [5.74, 6) is -0.923. The fraction of sp³-hybridized carbons (Fsp3) is 0.474. The van der Waals surface area contributed by atoms with Crippen molar-refractivity contribution < 1.29 is 14.7 Å². The summed E-state index contributed by atoms with van der Waals surface area (Å²) >= 11 is 0. The molecule has 2 saturated carbocycles. The summed E-state index contributed by atoms with van der Waals surface area (Å²) in [6.07, 6.45) is 4.14. The number of hydrogen-bond donors (Lipinski definition) is 2. The van der Waals surface area contributed by atoms with Gasteiger partial charge in [0.05, 0.1) is 12.1 Å². The maximum Gasteiger partial charge on any atom is 0.319 e. The van der Waals surface area contributed by atoms with Crippen molar-refractivity contribution in [3.05, 3.63) is 35.8 Å². The second-order valence-corrected chi connectivity index (χ2v) is 7.52. The zero-order valence-electron chi connectivity index (χ0n) is 14.2. The molecule has 2 aromatic rings. The summed E-state index contributed by atoms with van der Waals surface area (Å²) in [5, 5.41) is 13.3. The predicted molar refractivity (Wildman–Crippen MR) is 91.7 cm³/mol. The lowest BCUT2D eigenvalue weighted by Gasteiger charge is -2.58. The lowest BCUT2D eigenvalue weighted by Crippen LogP contribution is -2.61. The molecular formula is C19H21N3O3. The van der Waals surface area contributed by atoms with Crippen LogP contribution in [0.3, 0.4) is 0 Å². The quantitative estimate of drug-likeness (QED) is 0.835. The Balaban J connectivity index is 1.49. The lowest BCUT2D eigenvalue weighted by atomic mass is 9.45. The molecule has 1 aromatic carbocycles. The third-order valence-corrected chi connectivity index (χ3v) is 5.86. The van der Waals surface area contributed by atoms with Crippen LogP contribution in [0.5, 0.6) is 0 Å². The van der Waals surface area contributed by atoms with E-state index < -0.39 is 17.3 Å². The van der Waals surface area contributed by atoms with Crippen molar-refractivity contribution in [2.24, 2.45) is 10.8 Å². The standard InChI is InChI=1S/C19H21N3O3/c1-12-13-5-2-3-6-14(13)22-15(21-12)9-20-16(23)19(17(24)25)10-18(11-19)7-4-8-18/h2-3,5-6H,4,7-11H2,1H3,(H,20,23)(H,24,25). The van der Waals surface area contributed by atoms with Crippen LogP contribution >= 0.6 is 0 Å². The number of carbonyl (C=O) groups excluding carboxylic acids is 1. The highest BCUT2D eigenvalue weighted by molar-refractivity contribution is 6.03. The fourth-order valence-electron chi connectivity index (χ4n) is 4.37. The topological polar surface area (TPSA) is 92.2 Å². The van der Waals surface area contributed by atoms with Crippen molar-refractivity contribution >= 4 is 22.8 Å². The number of aryl methyl sites for hydroxylation is 1. The zero-order chi connectivity index (χ0) is 17.7. The van der Waals surface area contributed by atoms with E-state index in [0.29, 0.717) is 18.7 Å². The van der Waals surface area contributed by atoms with E-state index in [2.05, 4.69) is 15.3 Å². The number of amides is 1. The maximum absolute atomic E-state index is 12.6. The van der Waals surface area contributed by atoms with Crippen molar-refractivity contribution in [1.82, 2.24) is 15.3 Å². The first-order valence-electron chi connectivity index (χ1n) is 8.68. The highest BCUT2D eigenvalue weighted by atomic mass is 16.4. The molecule has 2 fully saturated rings. The summed E-state index contributed by atoms with van der Waals surface area (Å²) in [4.78, 5) is 33.2. The average Bonchev–Trinajstić information content (AvgIpc) is 2.50. The Morgan fingerprint density at radius 1 is 1.20 bits per heavy atom. The normalized spacial score (nSPS) is 19.9. The van der Waals surface area contributed by atoms with Crippen LogP contribution < -0.4 is 5.32 Å². The Morgan fingerprint density at radius 2 is 1.92 bits per heavy atom. The van der Waals surface area contributed by atoms with Crippen molar-refractivity contribution in [2.45, 2.75) is 45.6 Å². The minimum absolute atomic E-state index is 0.103. The van der Waals surface area contributed by atoms with Crippen molar-refractivity contribution in [3.63, 3.8) is 0 Å². The first-order valence-corrected chi connectivity index (χ1v) is 8.68. The van der Waals surface area contributed by atoms with Crippen LogP contribution in [0.1, 0.15) is 43.6 Å². The number of aromatic nitrogens is 2. The number of nitrogens with zero attached hydrogens (tertiary/aromatic N) is 2. The molecule has 0 saturated heterocycles. The molecule has 25 heavy (non-hydrogen) atoms. The number of aliphatic carboxylic acids is 1. The van der Waals surface area contributed by atoms with Gasteiger partial charge in [-0.1, -0.05) is 24.6 Å². The van der Waals surface area contributed by atoms with Gasteiger partial charge in [-0.3, -0.25) is 9.59 Å². The molecule has 1 heterocycles. The summed E-state index contributed by atoms with van der Waals surface area (Å²) < 4.78 is 0. The van der Waals surface area contributed by atoms with E-state index in [1.54, 1.807) is 0 Å². The van der Waals surface area contributed by atoms with Gasteiger partial charge >= 0.3 is 5.97 Å². The Hall–Kier alpha value is -2.50. The molecule has 4 rings (SSSR count). The Morgan fingerprint density at radius 3 is 2.56 bits per heavy atom. The SMILES string of the molecule is Cc1nc(CNC(=O)C2(C(=O)O)CC3(CCC3)C2)nc2ccccc12. The van der Waals surface area contributed by atoms with Gasteiger partial charge in [0.15, 0.2) is 0 Å². The number of carbonyl (C=O) groups is 2. The lowest BCUT2D eigenvalue weighted by molar-refractivity contribution is -0.181. The molecule has 6 heteroatoms. The Kier molecular flexibility index (Phi) is 3.52. The van der Waals surface area contributed by atoms with E-state index in [1.165, 1.54) is 0 Å². The third-order valence-electron chi connectivity index (χ3n) is 5.86. The van der Waals surface area contributed by atoms with E-state index in [0.717, 1.165) is 35.9 Å². The second-order valence-electron chi connectivity index (χ2n) is 7.52. The minimum atomic E-state index is -1.27. The minimum Gasteiger partial charge on any atom is -0.480 e. The van der Waals surface area contributed by atoms with E-state index in [1.807, 2.05) is 31.2 Å². The molecule has 2 aliphatic rings. The molecule has 6 nitrogen and oxygen atoms in total. The summed E-state index contributed by atoms with van der Waals surface area (Å²) in [5.41, 5.74) is 0.502. The average molecular weight is 339 g/mol. The highest BCUT2D eigenvalue weighted by Gasteiger charge is 2.64. The Labute approximate surface area is 145 Å². The molecule has 0 atom stereocenters. The van der Waals surface area contributed by atoms with Gasteiger partial charge in [0.25, 0.3) is 0 Å². The summed E-state index contributed by atoms with van der Waals surface area (Å²) in [7, 11) is 0. The summed E-state index contributed by atoms with van der Waals surface area (Å²) in [6, 6.07) is 7.70. The van der Waals surface area contributed by atoms with Gasteiger partial charge in [-0.2, -0.15) is 0 Å². The number of rotatable bonds is 4. The van der Waals surface area contributed by atoms with Crippen LogP contribution in [-0.4, -0.2) is 27.0 Å². The number of carboxylic acids is 1. The van der Waals surface area contributed by atoms with Crippen LogP contribution in [0.4, 0.5) is 0 Å². The maximum atomic E-state index is 12.6. The third kappa shape index (κ3) is 2.47. The van der Waals surface area contributed by atoms with Crippen LogP contribution in [0.25, 0.3) is 10.9 Å². The molecule has 0 radical (unpaired) electrons. The first kappa shape index (κ1) is 16.0. The number of nitrogens with one attached hydrogen (secondary N) is 1. The monoisotopic (exact) mass is 339 g/mol. The van der Waals surface area contributed by atoms with Gasteiger partial charge in [0.2, 0.25) is 5.91 Å².